The Kier molecular flexibility index (Phi) is 3.38. The summed E-state index contributed by atoms with van der Waals surface area (Å²) < 4.78 is 107. The molecule has 2 saturated carbocycles. The second kappa shape index (κ2) is 4.23. The van der Waals surface area contributed by atoms with Crippen LogP contribution in [0.15, 0.2) is 0 Å². The highest BCUT2D eigenvalue weighted by Gasteiger charge is 2.89. The van der Waals surface area contributed by atoms with Crippen molar-refractivity contribution in [2.75, 3.05) is 0 Å². The molecule has 124 valence electrons. The third-order valence-corrected chi connectivity index (χ3v) is 5.11. The Labute approximate surface area is 115 Å². The van der Waals surface area contributed by atoms with E-state index in [9.17, 15) is 35.8 Å². The van der Waals surface area contributed by atoms with Crippen LogP contribution >= 0.6 is 0 Å². The second-order valence-electron chi connectivity index (χ2n) is 5.84. The molecule has 4 atom stereocenters. The van der Waals surface area contributed by atoms with E-state index in [-0.39, 0.29) is 12.8 Å². The van der Waals surface area contributed by atoms with E-state index in [0.29, 0.717) is 0 Å². The zero-order valence-electron chi connectivity index (χ0n) is 11.0. The Morgan fingerprint density at radius 2 is 1.38 bits per heavy atom. The molecular formula is C12H14F8O. The van der Waals surface area contributed by atoms with Crippen molar-refractivity contribution in [3.05, 3.63) is 0 Å². The number of fused-ring (bicyclic) bond motifs is 2. The van der Waals surface area contributed by atoms with Gasteiger partial charge in [0.15, 0.2) is 11.3 Å². The third kappa shape index (κ3) is 1.66. The molecule has 0 amide bonds. The van der Waals surface area contributed by atoms with E-state index >= 15 is 4.39 Å². The molecule has 2 bridgehead atoms. The van der Waals surface area contributed by atoms with E-state index in [1.807, 2.05) is 0 Å². The van der Waals surface area contributed by atoms with Gasteiger partial charge in [-0.3, -0.25) is 0 Å². The first kappa shape index (κ1) is 16.8. The van der Waals surface area contributed by atoms with Gasteiger partial charge in [-0.1, -0.05) is 6.92 Å². The number of alkyl halides is 8. The lowest BCUT2D eigenvalue weighted by atomic mass is 9.63. The van der Waals surface area contributed by atoms with Crippen molar-refractivity contribution in [2.24, 2.45) is 11.8 Å². The average Bonchev–Trinajstić information content (AvgIpc) is 2.88. The molecule has 0 aromatic heterocycles. The van der Waals surface area contributed by atoms with Gasteiger partial charge in [0.05, 0.1) is 0 Å². The van der Waals surface area contributed by atoms with E-state index in [1.54, 1.807) is 0 Å². The first-order chi connectivity index (χ1) is 9.27. The van der Waals surface area contributed by atoms with Gasteiger partial charge in [-0.25, -0.2) is 8.78 Å². The average molecular weight is 326 g/mol. The van der Waals surface area contributed by atoms with Crippen LogP contribution in [0.4, 0.5) is 35.1 Å². The van der Waals surface area contributed by atoms with Gasteiger partial charge in [-0.15, -0.1) is 0 Å². The van der Waals surface area contributed by atoms with Crippen LogP contribution in [0.2, 0.25) is 0 Å². The molecule has 2 fully saturated rings. The number of hydrogen-bond acceptors (Lipinski definition) is 1. The SMILES string of the molecule is CCC1(F)C2CCC(C2)C1(F)C(O)(C(F)(F)F)C(F)(F)F. The fourth-order valence-corrected chi connectivity index (χ4v) is 4.11. The summed E-state index contributed by atoms with van der Waals surface area (Å²) in [7, 11) is 0. The molecule has 0 aliphatic heterocycles. The molecule has 4 unspecified atom stereocenters. The standard InChI is InChI=1S/C12H14F8O/c1-2-8(13)6-3-4-7(5-6)9(8,14)10(21,11(15,16)17)12(18,19)20/h6-7,21H,2-5H2,1H3. The minimum atomic E-state index is -6.36. The van der Waals surface area contributed by atoms with Crippen molar-refractivity contribution in [1.29, 1.82) is 0 Å². The summed E-state index contributed by atoms with van der Waals surface area (Å²) in [6, 6.07) is 0. The molecule has 1 nitrogen and oxygen atoms in total. The monoisotopic (exact) mass is 326 g/mol. The van der Waals surface area contributed by atoms with Gasteiger partial charge in [0.2, 0.25) is 0 Å². The molecule has 0 aromatic rings. The van der Waals surface area contributed by atoms with Gasteiger partial charge in [-0.05, 0) is 31.6 Å². The molecule has 21 heavy (non-hydrogen) atoms. The summed E-state index contributed by atoms with van der Waals surface area (Å²) in [5.74, 6) is -3.05. The van der Waals surface area contributed by atoms with Crippen LogP contribution in [-0.2, 0) is 0 Å². The van der Waals surface area contributed by atoms with Crippen molar-refractivity contribution in [2.45, 2.75) is 61.9 Å². The molecule has 9 heteroatoms. The predicted octanol–water partition coefficient (Wildman–Crippen LogP) is 4.10. The summed E-state index contributed by atoms with van der Waals surface area (Å²) in [5.41, 5.74) is -13.5. The van der Waals surface area contributed by atoms with E-state index in [2.05, 4.69) is 0 Å². The summed E-state index contributed by atoms with van der Waals surface area (Å²) in [4.78, 5) is 0. The Bertz CT molecular complexity index is 416. The maximum Gasteiger partial charge on any atom is 0.429 e. The molecule has 2 aliphatic rings. The van der Waals surface area contributed by atoms with Crippen LogP contribution in [-0.4, -0.2) is 34.4 Å². The molecular weight excluding hydrogens is 312 g/mol. The molecule has 0 aromatic carbocycles. The minimum absolute atomic E-state index is 0.0203. The maximum absolute atomic E-state index is 15.0. The van der Waals surface area contributed by atoms with Crippen LogP contribution in [0.3, 0.4) is 0 Å². The lowest BCUT2D eigenvalue weighted by Gasteiger charge is -2.51. The molecule has 1 N–H and O–H groups in total. The van der Waals surface area contributed by atoms with E-state index in [0.717, 1.165) is 6.92 Å². The van der Waals surface area contributed by atoms with Crippen molar-refractivity contribution in [1.82, 2.24) is 0 Å². The van der Waals surface area contributed by atoms with Gasteiger partial charge in [-0.2, -0.15) is 26.3 Å². The zero-order chi connectivity index (χ0) is 16.5. The molecule has 0 spiro atoms. The fraction of sp³-hybridized carbons (Fsp3) is 1.00. The van der Waals surface area contributed by atoms with Crippen molar-refractivity contribution < 1.29 is 40.2 Å². The van der Waals surface area contributed by atoms with Gasteiger partial charge in [0, 0.05) is 5.92 Å². The molecule has 0 heterocycles. The maximum atomic E-state index is 15.0. The van der Waals surface area contributed by atoms with E-state index < -0.39 is 54.0 Å². The van der Waals surface area contributed by atoms with Crippen molar-refractivity contribution in [3.63, 3.8) is 0 Å². The highest BCUT2D eigenvalue weighted by Crippen LogP contribution is 2.69. The van der Waals surface area contributed by atoms with Crippen LogP contribution in [0.1, 0.15) is 32.6 Å². The Morgan fingerprint density at radius 1 is 0.952 bits per heavy atom. The zero-order valence-corrected chi connectivity index (χ0v) is 11.0. The molecule has 0 radical (unpaired) electrons. The predicted molar refractivity (Wildman–Crippen MR) is 55.9 cm³/mol. The Balaban J connectivity index is 2.70. The summed E-state index contributed by atoms with van der Waals surface area (Å²) >= 11 is 0. The Morgan fingerprint density at radius 3 is 1.76 bits per heavy atom. The first-order valence-electron chi connectivity index (χ1n) is 6.51. The van der Waals surface area contributed by atoms with Crippen LogP contribution < -0.4 is 0 Å². The van der Waals surface area contributed by atoms with E-state index in [4.69, 9.17) is 0 Å². The largest absolute Gasteiger partial charge is 0.429 e. The summed E-state index contributed by atoms with van der Waals surface area (Å²) in [5, 5.41) is 9.37. The normalized spacial score (nSPS) is 40.9. The minimum Gasteiger partial charge on any atom is -0.371 e. The number of halogens is 8. The molecule has 0 saturated heterocycles. The quantitative estimate of drug-likeness (QED) is 0.758. The molecule has 2 rings (SSSR count). The summed E-state index contributed by atoms with van der Waals surface area (Å²) in [6.45, 7) is 0.988. The lowest BCUT2D eigenvalue weighted by Crippen LogP contribution is -2.76. The van der Waals surface area contributed by atoms with Gasteiger partial charge < -0.3 is 5.11 Å². The van der Waals surface area contributed by atoms with Crippen molar-refractivity contribution >= 4 is 0 Å². The van der Waals surface area contributed by atoms with Crippen molar-refractivity contribution in [3.8, 4) is 0 Å². The summed E-state index contributed by atoms with van der Waals surface area (Å²) in [6.07, 6.45) is -14.3. The van der Waals surface area contributed by atoms with Crippen LogP contribution in [0, 0.1) is 11.8 Å². The van der Waals surface area contributed by atoms with Gasteiger partial charge >= 0.3 is 12.4 Å². The first-order valence-corrected chi connectivity index (χ1v) is 6.51. The number of rotatable bonds is 2. The third-order valence-electron chi connectivity index (χ3n) is 5.11. The second-order valence-corrected chi connectivity index (χ2v) is 5.84. The number of hydrogen-bond donors (Lipinski definition) is 1. The molecule has 2 aliphatic carbocycles. The number of aliphatic hydroxyl groups is 1. The van der Waals surface area contributed by atoms with Crippen LogP contribution in [0.25, 0.3) is 0 Å². The highest BCUT2D eigenvalue weighted by molar-refractivity contribution is 5.27. The fourth-order valence-electron chi connectivity index (χ4n) is 4.11. The lowest BCUT2D eigenvalue weighted by molar-refractivity contribution is -0.421. The van der Waals surface area contributed by atoms with Gasteiger partial charge in [0.1, 0.15) is 0 Å². The van der Waals surface area contributed by atoms with E-state index in [1.165, 1.54) is 0 Å². The van der Waals surface area contributed by atoms with Gasteiger partial charge in [0.25, 0.3) is 5.60 Å². The highest BCUT2D eigenvalue weighted by atomic mass is 19.4. The topological polar surface area (TPSA) is 20.2 Å². The smallest absolute Gasteiger partial charge is 0.371 e. The van der Waals surface area contributed by atoms with Crippen LogP contribution in [0.5, 0.6) is 0 Å². The Hall–Kier alpha value is -0.600.